The van der Waals surface area contributed by atoms with Gasteiger partial charge in [0.2, 0.25) is 10.0 Å². The zero-order valence-electron chi connectivity index (χ0n) is 8.89. The minimum atomic E-state index is -3.39. The average molecular weight is 291 g/mol. The maximum absolute atomic E-state index is 10.7. The lowest BCUT2D eigenvalue weighted by Gasteiger charge is -2.03. The lowest BCUT2D eigenvalue weighted by molar-refractivity contribution is 0.596. The van der Waals surface area contributed by atoms with Crippen molar-refractivity contribution in [2.24, 2.45) is 5.14 Å². The Labute approximate surface area is 110 Å². The van der Waals surface area contributed by atoms with Crippen molar-refractivity contribution in [3.63, 3.8) is 0 Å². The molecule has 0 fully saturated rings. The molecule has 92 valence electrons. The molecule has 0 bridgehead atoms. The van der Waals surface area contributed by atoms with Crippen LogP contribution < -0.4 is 5.14 Å². The number of halogens is 1. The summed E-state index contributed by atoms with van der Waals surface area (Å²) in [5, 5.41) is 14.0. The highest BCUT2D eigenvalue weighted by Gasteiger charge is 2.05. The highest BCUT2D eigenvalue weighted by molar-refractivity contribution is 7.99. The SMILES string of the molecule is N#Cc1ccc(SCCCS(N)(=O)=O)c(Cl)c1. The Morgan fingerprint density at radius 3 is 2.71 bits per heavy atom. The largest absolute Gasteiger partial charge is 0.229 e. The van der Waals surface area contributed by atoms with Gasteiger partial charge in [-0.3, -0.25) is 0 Å². The molecular formula is C10H11ClN2O2S2. The first-order chi connectivity index (χ1) is 7.92. The smallest absolute Gasteiger partial charge is 0.209 e. The van der Waals surface area contributed by atoms with Crippen LogP contribution in [0.3, 0.4) is 0 Å². The molecule has 0 aliphatic rings. The number of hydrogen-bond donors (Lipinski definition) is 1. The van der Waals surface area contributed by atoms with Crippen molar-refractivity contribution in [3.05, 3.63) is 28.8 Å². The molecule has 0 aliphatic carbocycles. The number of hydrogen-bond acceptors (Lipinski definition) is 4. The van der Waals surface area contributed by atoms with E-state index in [1.54, 1.807) is 18.2 Å². The van der Waals surface area contributed by atoms with Crippen LogP contribution >= 0.6 is 23.4 Å². The maximum Gasteiger partial charge on any atom is 0.209 e. The van der Waals surface area contributed by atoms with Gasteiger partial charge in [0.25, 0.3) is 0 Å². The highest BCUT2D eigenvalue weighted by atomic mass is 35.5. The van der Waals surface area contributed by atoms with Gasteiger partial charge in [0.15, 0.2) is 0 Å². The zero-order chi connectivity index (χ0) is 12.9. The summed E-state index contributed by atoms with van der Waals surface area (Å²) in [6, 6.07) is 7.01. The first-order valence-corrected chi connectivity index (χ1v) is 7.83. The fraction of sp³-hybridized carbons (Fsp3) is 0.300. The average Bonchev–Trinajstić information content (AvgIpc) is 2.24. The Balaban J connectivity index is 2.51. The van der Waals surface area contributed by atoms with Gasteiger partial charge >= 0.3 is 0 Å². The van der Waals surface area contributed by atoms with Gasteiger partial charge in [-0.1, -0.05) is 11.6 Å². The van der Waals surface area contributed by atoms with Crippen molar-refractivity contribution in [2.45, 2.75) is 11.3 Å². The van der Waals surface area contributed by atoms with Crippen LogP contribution in [0.1, 0.15) is 12.0 Å². The lowest BCUT2D eigenvalue weighted by Crippen LogP contribution is -2.16. The summed E-state index contributed by atoms with van der Waals surface area (Å²) >= 11 is 7.41. The predicted molar refractivity (Wildman–Crippen MR) is 69.5 cm³/mol. The van der Waals surface area contributed by atoms with E-state index in [1.807, 2.05) is 6.07 Å². The number of thioether (sulfide) groups is 1. The highest BCUT2D eigenvalue weighted by Crippen LogP contribution is 2.28. The van der Waals surface area contributed by atoms with Crippen LogP contribution in [0.2, 0.25) is 5.02 Å². The molecule has 0 radical (unpaired) electrons. The molecule has 4 nitrogen and oxygen atoms in total. The molecule has 17 heavy (non-hydrogen) atoms. The van der Waals surface area contributed by atoms with Crippen LogP contribution in [0.5, 0.6) is 0 Å². The molecule has 0 atom stereocenters. The van der Waals surface area contributed by atoms with Gasteiger partial charge in [0.05, 0.1) is 22.4 Å². The number of nitrogens with two attached hydrogens (primary N) is 1. The van der Waals surface area contributed by atoms with Crippen molar-refractivity contribution < 1.29 is 8.42 Å². The molecule has 1 rings (SSSR count). The van der Waals surface area contributed by atoms with Crippen molar-refractivity contribution in [3.8, 4) is 6.07 Å². The maximum atomic E-state index is 10.7. The van der Waals surface area contributed by atoms with Gasteiger partial charge in [-0.2, -0.15) is 5.26 Å². The topological polar surface area (TPSA) is 83.9 Å². The number of primary sulfonamides is 1. The third kappa shape index (κ3) is 5.41. The number of rotatable bonds is 5. The zero-order valence-corrected chi connectivity index (χ0v) is 11.3. The molecular weight excluding hydrogens is 280 g/mol. The second-order valence-corrected chi connectivity index (χ2v) is 6.60. The van der Waals surface area contributed by atoms with Gasteiger partial charge < -0.3 is 0 Å². The molecule has 2 N–H and O–H groups in total. The van der Waals surface area contributed by atoms with Crippen LogP contribution in [0, 0.1) is 11.3 Å². The van der Waals surface area contributed by atoms with Crippen molar-refractivity contribution in [1.29, 1.82) is 5.26 Å². The summed E-state index contributed by atoms with van der Waals surface area (Å²) in [5.74, 6) is 0.579. The summed E-state index contributed by atoms with van der Waals surface area (Å²) in [6.07, 6.45) is 0.472. The van der Waals surface area contributed by atoms with Gasteiger partial charge in [0.1, 0.15) is 0 Å². The Kier molecular flexibility index (Phi) is 5.28. The van der Waals surface area contributed by atoms with E-state index in [0.717, 1.165) is 4.90 Å². The van der Waals surface area contributed by atoms with Crippen molar-refractivity contribution in [2.75, 3.05) is 11.5 Å². The molecule has 0 unspecified atom stereocenters. The first kappa shape index (κ1) is 14.3. The summed E-state index contributed by atoms with van der Waals surface area (Å²) in [6.45, 7) is 0. The monoisotopic (exact) mass is 290 g/mol. The van der Waals surface area contributed by atoms with Gasteiger partial charge in [0, 0.05) is 4.90 Å². The molecule has 0 amide bonds. The van der Waals surface area contributed by atoms with Crippen molar-refractivity contribution >= 4 is 33.4 Å². The van der Waals surface area contributed by atoms with E-state index < -0.39 is 10.0 Å². The van der Waals surface area contributed by atoms with Crippen LogP contribution in [0.25, 0.3) is 0 Å². The summed E-state index contributed by atoms with van der Waals surface area (Å²) in [5.41, 5.74) is 0.504. The Morgan fingerprint density at radius 2 is 2.18 bits per heavy atom. The Bertz CT molecular complexity index is 538. The Morgan fingerprint density at radius 1 is 1.47 bits per heavy atom. The van der Waals surface area contributed by atoms with Crippen molar-refractivity contribution in [1.82, 2.24) is 0 Å². The molecule has 1 aromatic carbocycles. The fourth-order valence-corrected chi connectivity index (χ4v) is 3.07. The van der Waals surface area contributed by atoms with E-state index in [9.17, 15) is 8.42 Å². The molecule has 0 heterocycles. The normalized spacial score (nSPS) is 11.1. The molecule has 1 aromatic rings. The number of benzene rings is 1. The quantitative estimate of drug-likeness (QED) is 0.664. The van der Waals surface area contributed by atoms with Crippen LogP contribution in [-0.2, 0) is 10.0 Å². The molecule has 0 aliphatic heterocycles. The first-order valence-electron chi connectivity index (χ1n) is 4.75. The van der Waals surface area contributed by atoms with E-state index in [0.29, 0.717) is 22.8 Å². The predicted octanol–water partition coefficient (Wildman–Crippen LogP) is 1.98. The number of nitrogens with zero attached hydrogens (tertiary/aromatic N) is 1. The second kappa shape index (κ2) is 6.26. The fourth-order valence-electron chi connectivity index (χ4n) is 1.13. The molecule has 0 aromatic heterocycles. The van der Waals surface area contributed by atoms with E-state index in [4.69, 9.17) is 22.0 Å². The van der Waals surface area contributed by atoms with Crippen LogP contribution in [0.4, 0.5) is 0 Å². The molecule has 0 saturated heterocycles. The van der Waals surface area contributed by atoms with Gasteiger partial charge in [-0.15, -0.1) is 11.8 Å². The van der Waals surface area contributed by atoms with E-state index in [1.165, 1.54) is 11.8 Å². The summed E-state index contributed by atoms with van der Waals surface area (Å²) in [4.78, 5) is 0.833. The Hall–Kier alpha value is -0.740. The summed E-state index contributed by atoms with van der Waals surface area (Å²) < 4.78 is 21.4. The minimum Gasteiger partial charge on any atom is -0.229 e. The second-order valence-electron chi connectivity index (χ2n) is 3.33. The third-order valence-corrected chi connectivity index (χ3v) is 4.33. The molecule has 7 heteroatoms. The number of nitriles is 1. The van der Waals surface area contributed by atoms with E-state index >= 15 is 0 Å². The van der Waals surface area contributed by atoms with E-state index in [2.05, 4.69) is 0 Å². The standard InChI is InChI=1S/C10H11ClN2O2S2/c11-9-6-8(7-12)2-3-10(9)16-4-1-5-17(13,14)15/h2-3,6H,1,4-5H2,(H2,13,14,15). The third-order valence-electron chi connectivity index (χ3n) is 1.89. The molecule has 0 saturated carbocycles. The van der Waals surface area contributed by atoms with Crippen LogP contribution in [0.15, 0.2) is 23.1 Å². The lowest BCUT2D eigenvalue weighted by atomic mass is 10.2. The number of sulfonamides is 1. The molecule has 0 spiro atoms. The van der Waals surface area contributed by atoms with Gasteiger partial charge in [-0.05, 0) is 30.4 Å². The van der Waals surface area contributed by atoms with E-state index in [-0.39, 0.29) is 5.75 Å². The minimum absolute atomic E-state index is 0.0338. The van der Waals surface area contributed by atoms with Gasteiger partial charge in [-0.25, -0.2) is 13.6 Å². The van der Waals surface area contributed by atoms with Crippen LogP contribution in [-0.4, -0.2) is 19.9 Å². The summed E-state index contributed by atoms with van der Waals surface area (Å²) in [7, 11) is -3.39.